The van der Waals surface area contributed by atoms with Crippen molar-refractivity contribution in [3.05, 3.63) is 65.2 Å². The average Bonchev–Trinajstić information content (AvgIpc) is 2.65. The van der Waals surface area contributed by atoms with Gasteiger partial charge in [-0.15, -0.1) is 0 Å². The number of likely N-dealkylation sites (tertiary alicyclic amines) is 1. The number of anilines is 1. The van der Waals surface area contributed by atoms with Gasteiger partial charge in [-0.25, -0.2) is 0 Å². The number of hydrogen-bond acceptors (Lipinski definition) is 4. The van der Waals surface area contributed by atoms with Gasteiger partial charge in [0.15, 0.2) is 0 Å². The van der Waals surface area contributed by atoms with Gasteiger partial charge in [0.05, 0.1) is 17.7 Å². The molecule has 1 heterocycles. The second-order valence-corrected chi connectivity index (χ2v) is 6.76. The third-order valence-electron chi connectivity index (χ3n) is 4.88. The molecule has 4 heteroatoms. The van der Waals surface area contributed by atoms with Crippen LogP contribution in [0.2, 0.25) is 0 Å². The molecule has 2 aromatic carbocycles. The largest absolute Gasteiger partial charge is 0.393 e. The molecule has 3 rings (SSSR count). The van der Waals surface area contributed by atoms with Crippen LogP contribution < -0.4 is 5.32 Å². The summed E-state index contributed by atoms with van der Waals surface area (Å²) in [5.41, 5.74) is 4.27. The van der Waals surface area contributed by atoms with Crippen LogP contribution in [-0.4, -0.2) is 29.2 Å². The maximum Gasteiger partial charge on any atom is 0.0991 e. The zero-order valence-corrected chi connectivity index (χ0v) is 14.7. The fourth-order valence-corrected chi connectivity index (χ4v) is 3.28. The highest BCUT2D eigenvalue weighted by molar-refractivity contribution is 5.52. The van der Waals surface area contributed by atoms with Crippen LogP contribution in [0.4, 0.5) is 5.69 Å². The molecule has 0 saturated carbocycles. The van der Waals surface area contributed by atoms with Crippen molar-refractivity contribution >= 4 is 5.69 Å². The van der Waals surface area contributed by atoms with Crippen LogP contribution in [0.15, 0.2) is 48.5 Å². The summed E-state index contributed by atoms with van der Waals surface area (Å²) in [7, 11) is 0. The van der Waals surface area contributed by atoms with E-state index in [9.17, 15) is 5.11 Å². The second-order valence-electron chi connectivity index (χ2n) is 6.76. The minimum atomic E-state index is -0.138. The first-order valence-corrected chi connectivity index (χ1v) is 8.90. The molecule has 4 nitrogen and oxygen atoms in total. The molecule has 0 radical (unpaired) electrons. The van der Waals surface area contributed by atoms with Gasteiger partial charge in [0, 0.05) is 31.4 Å². The van der Waals surface area contributed by atoms with Gasteiger partial charge in [0.2, 0.25) is 0 Å². The van der Waals surface area contributed by atoms with Crippen molar-refractivity contribution in [3.8, 4) is 6.07 Å². The van der Waals surface area contributed by atoms with Gasteiger partial charge >= 0.3 is 0 Å². The minimum Gasteiger partial charge on any atom is -0.393 e. The van der Waals surface area contributed by atoms with Crippen LogP contribution in [-0.2, 0) is 6.54 Å². The van der Waals surface area contributed by atoms with Crippen LogP contribution in [0.3, 0.4) is 0 Å². The predicted molar refractivity (Wildman–Crippen MR) is 100 cm³/mol. The lowest BCUT2D eigenvalue weighted by Gasteiger charge is -2.30. The number of nitrogens with one attached hydrogen (secondary N) is 1. The first-order chi connectivity index (χ1) is 12.2. The number of rotatable bonds is 5. The third kappa shape index (κ3) is 4.60. The smallest absolute Gasteiger partial charge is 0.0991 e. The van der Waals surface area contributed by atoms with Gasteiger partial charge < -0.3 is 10.4 Å². The number of nitriles is 1. The van der Waals surface area contributed by atoms with Crippen LogP contribution in [0.1, 0.15) is 42.5 Å². The Balaban J connectivity index is 1.68. The van der Waals surface area contributed by atoms with E-state index < -0.39 is 0 Å². The van der Waals surface area contributed by atoms with Crippen molar-refractivity contribution in [2.45, 2.75) is 38.5 Å². The Morgan fingerprint density at radius 3 is 2.52 bits per heavy atom. The molecule has 1 atom stereocenters. The van der Waals surface area contributed by atoms with E-state index in [4.69, 9.17) is 5.26 Å². The standard InChI is InChI=1S/C21H25N3O/c1-16(18-8-6-17(14-22)7-9-18)23-21-5-3-2-4-19(21)15-24-12-10-20(25)11-13-24/h2-9,16,20,23,25H,10-13,15H2,1H3. The molecule has 0 aromatic heterocycles. The lowest BCUT2D eigenvalue weighted by molar-refractivity contribution is 0.0793. The first kappa shape index (κ1) is 17.5. The fraction of sp³-hybridized carbons (Fsp3) is 0.381. The number of aliphatic hydroxyl groups is 1. The van der Waals surface area contributed by atoms with Crippen LogP contribution in [0.25, 0.3) is 0 Å². The van der Waals surface area contributed by atoms with Gasteiger partial charge in [0.1, 0.15) is 0 Å². The summed E-state index contributed by atoms with van der Waals surface area (Å²) in [6.45, 7) is 4.92. The van der Waals surface area contributed by atoms with E-state index in [1.807, 2.05) is 24.3 Å². The molecule has 0 amide bonds. The minimum absolute atomic E-state index is 0.138. The van der Waals surface area contributed by atoms with E-state index in [0.717, 1.165) is 43.7 Å². The highest BCUT2D eigenvalue weighted by Gasteiger charge is 2.18. The Hall–Kier alpha value is -2.35. The fourth-order valence-electron chi connectivity index (χ4n) is 3.28. The lowest BCUT2D eigenvalue weighted by atomic mass is 10.0. The molecule has 2 aromatic rings. The van der Waals surface area contributed by atoms with Crippen molar-refractivity contribution in [2.24, 2.45) is 0 Å². The van der Waals surface area contributed by atoms with Crippen molar-refractivity contribution < 1.29 is 5.11 Å². The number of nitrogens with zero attached hydrogens (tertiary/aromatic N) is 2. The topological polar surface area (TPSA) is 59.3 Å². The first-order valence-electron chi connectivity index (χ1n) is 8.90. The van der Waals surface area contributed by atoms with E-state index in [-0.39, 0.29) is 12.1 Å². The maximum atomic E-state index is 9.67. The molecule has 1 aliphatic rings. The second kappa shape index (κ2) is 8.15. The number of piperidine rings is 1. The molecule has 25 heavy (non-hydrogen) atoms. The van der Waals surface area contributed by atoms with Crippen molar-refractivity contribution in [1.29, 1.82) is 5.26 Å². The molecule has 0 spiro atoms. The SMILES string of the molecule is CC(Nc1ccccc1CN1CCC(O)CC1)c1ccc(C#N)cc1. The number of aliphatic hydroxyl groups excluding tert-OH is 1. The third-order valence-corrected chi connectivity index (χ3v) is 4.88. The summed E-state index contributed by atoms with van der Waals surface area (Å²) in [4.78, 5) is 2.40. The van der Waals surface area contributed by atoms with E-state index in [0.29, 0.717) is 5.56 Å². The summed E-state index contributed by atoms with van der Waals surface area (Å²) < 4.78 is 0. The number of benzene rings is 2. The monoisotopic (exact) mass is 335 g/mol. The van der Waals surface area contributed by atoms with Crippen LogP contribution >= 0.6 is 0 Å². The molecule has 1 unspecified atom stereocenters. The van der Waals surface area contributed by atoms with E-state index in [1.165, 1.54) is 5.56 Å². The average molecular weight is 335 g/mol. The quantitative estimate of drug-likeness (QED) is 0.875. The normalized spacial score (nSPS) is 17.0. The summed E-state index contributed by atoms with van der Waals surface area (Å²) in [6, 6.07) is 18.5. The van der Waals surface area contributed by atoms with E-state index in [1.54, 1.807) is 0 Å². The predicted octanol–water partition coefficient (Wildman–Crippen LogP) is 3.69. The zero-order chi connectivity index (χ0) is 17.6. The highest BCUT2D eigenvalue weighted by Crippen LogP contribution is 2.25. The molecule has 1 saturated heterocycles. The van der Waals surface area contributed by atoms with Gasteiger partial charge in [-0.05, 0) is 49.1 Å². The molecular weight excluding hydrogens is 310 g/mol. The molecular formula is C21H25N3O. The van der Waals surface area contributed by atoms with Gasteiger partial charge in [-0.1, -0.05) is 30.3 Å². The summed E-state index contributed by atoms with van der Waals surface area (Å²) >= 11 is 0. The molecule has 2 N–H and O–H groups in total. The van der Waals surface area contributed by atoms with E-state index in [2.05, 4.69) is 47.5 Å². The van der Waals surface area contributed by atoms with Crippen molar-refractivity contribution in [2.75, 3.05) is 18.4 Å². The Kier molecular flexibility index (Phi) is 5.70. The van der Waals surface area contributed by atoms with Gasteiger partial charge in [0.25, 0.3) is 0 Å². The molecule has 1 aliphatic heterocycles. The maximum absolute atomic E-state index is 9.67. The highest BCUT2D eigenvalue weighted by atomic mass is 16.3. The lowest BCUT2D eigenvalue weighted by Crippen LogP contribution is -2.35. The molecule has 130 valence electrons. The van der Waals surface area contributed by atoms with Gasteiger partial charge in [-0.2, -0.15) is 5.26 Å². The summed E-state index contributed by atoms with van der Waals surface area (Å²) in [5, 5.41) is 22.2. The summed E-state index contributed by atoms with van der Waals surface area (Å²) in [5.74, 6) is 0. The van der Waals surface area contributed by atoms with Crippen molar-refractivity contribution in [3.63, 3.8) is 0 Å². The van der Waals surface area contributed by atoms with E-state index >= 15 is 0 Å². The number of para-hydroxylation sites is 1. The summed E-state index contributed by atoms with van der Waals surface area (Å²) in [6.07, 6.45) is 1.58. The van der Waals surface area contributed by atoms with Crippen molar-refractivity contribution in [1.82, 2.24) is 4.90 Å². The Morgan fingerprint density at radius 1 is 1.16 bits per heavy atom. The molecule has 0 aliphatic carbocycles. The van der Waals surface area contributed by atoms with Crippen LogP contribution in [0, 0.1) is 11.3 Å². The number of hydrogen-bond donors (Lipinski definition) is 2. The molecule has 0 bridgehead atoms. The Bertz CT molecular complexity index is 728. The Morgan fingerprint density at radius 2 is 1.84 bits per heavy atom. The molecule has 1 fully saturated rings. The van der Waals surface area contributed by atoms with Gasteiger partial charge in [-0.3, -0.25) is 4.90 Å². The van der Waals surface area contributed by atoms with Crippen LogP contribution in [0.5, 0.6) is 0 Å². The Labute approximate surface area is 149 Å². The zero-order valence-electron chi connectivity index (χ0n) is 14.7.